The zero-order chi connectivity index (χ0) is 14.3. The second-order valence-electron chi connectivity index (χ2n) is 4.01. The van der Waals surface area contributed by atoms with Crippen molar-refractivity contribution >= 4 is 23.5 Å². The third-order valence-corrected chi connectivity index (χ3v) is 2.70. The fourth-order valence-corrected chi connectivity index (χ4v) is 1.54. The maximum atomic E-state index is 11.4. The van der Waals surface area contributed by atoms with Gasteiger partial charge in [0.05, 0.1) is 11.6 Å². The molecule has 0 fully saturated rings. The molecular formula is C13H16ClNO4. The van der Waals surface area contributed by atoms with Gasteiger partial charge in [-0.1, -0.05) is 23.7 Å². The van der Waals surface area contributed by atoms with Gasteiger partial charge in [-0.3, -0.25) is 9.59 Å². The molecule has 1 atom stereocenters. The van der Waals surface area contributed by atoms with Crippen molar-refractivity contribution in [2.24, 2.45) is 0 Å². The van der Waals surface area contributed by atoms with Crippen LogP contribution in [0.5, 0.6) is 5.75 Å². The molecule has 6 heteroatoms. The molecule has 0 unspecified atom stereocenters. The van der Waals surface area contributed by atoms with Crippen LogP contribution in [0.3, 0.4) is 0 Å². The third kappa shape index (κ3) is 5.61. The van der Waals surface area contributed by atoms with E-state index in [1.165, 1.54) is 6.92 Å². The van der Waals surface area contributed by atoms with E-state index in [1.54, 1.807) is 18.2 Å². The first-order chi connectivity index (χ1) is 9.00. The average Bonchev–Trinajstić information content (AvgIpc) is 2.36. The molecule has 19 heavy (non-hydrogen) atoms. The zero-order valence-corrected chi connectivity index (χ0v) is 11.3. The number of hydrogen-bond donors (Lipinski definition) is 2. The quantitative estimate of drug-likeness (QED) is 0.752. The minimum absolute atomic E-state index is 0.210. The molecule has 1 aromatic rings. The number of halogens is 1. The monoisotopic (exact) mass is 285 g/mol. The van der Waals surface area contributed by atoms with Crippen molar-refractivity contribution in [2.75, 3.05) is 6.61 Å². The summed E-state index contributed by atoms with van der Waals surface area (Å²) in [5, 5.41) is 11.5. The number of rotatable bonds is 7. The van der Waals surface area contributed by atoms with Crippen molar-refractivity contribution in [3.63, 3.8) is 0 Å². The predicted molar refractivity (Wildman–Crippen MR) is 71.4 cm³/mol. The summed E-state index contributed by atoms with van der Waals surface area (Å²) in [5.74, 6) is -0.790. The van der Waals surface area contributed by atoms with Gasteiger partial charge in [0.2, 0.25) is 5.91 Å². The molecule has 1 aromatic carbocycles. The van der Waals surface area contributed by atoms with Crippen molar-refractivity contribution in [1.29, 1.82) is 0 Å². The summed E-state index contributed by atoms with van der Waals surface area (Å²) in [4.78, 5) is 21.9. The molecule has 0 saturated carbocycles. The highest BCUT2D eigenvalue weighted by Crippen LogP contribution is 2.23. The van der Waals surface area contributed by atoms with Crippen LogP contribution in [-0.4, -0.2) is 29.6 Å². The Labute approximate surface area is 116 Å². The lowest BCUT2D eigenvalue weighted by molar-refractivity contribution is -0.141. The molecule has 1 rings (SSSR count). The van der Waals surface area contributed by atoms with E-state index < -0.39 is 12.0 Å². The van der Waals surface area contributed by atoms with Crippen molar-refractivity contribution in [3.05, 3.63) is 29.3 Å². The van der Waals surface area contributed by atoms with Crippen LogP contribution in [0.2, 0.25) is 5.02 Å². The van der Waals surface area contributed by atoms with Crippen LogP contribution < -0.4 is 10.1 Å². The molecule has 0 aromatic heterocycles. The number of hydrogen-bond acceptors (Lipinski definition) is 3. The van der Waals surface area contributed by atoms with Gasteiger partial charge in [-0.2, -0.15) is 0 Å². The van der Waals surface area contributed by atoms with Crippen molar-refractivity contribution in [3.8, 4) is 5.75 Å². The normalized spacial score (nSPS) is 11.7. The molecule has 0 radical (unpaired) electrons. The first kappa shape index (κ1) is 15.3. The van der Waals surface area contributed by atoms with E-state index in [9.17, 15) is 9.59 Å². The zero-order valence-electron chi connectivity index (χ0n) is 10.6. The summed E-state index contributed by atoms with van der Waals surface area (Å²) in [6.45, 7) is 1.76. The van der Waals surface area contributed by atoms with Gasteiger partial charge in [-0.05, 0) is 25.5 Å². The Kier molecular flexibility index (Phi) is 6.15. The molecule has 5 nitrogen and oxygen atoms in total. The maximum absolute atomic E-state index is 11.4. The average molecular weight is 286 g/mol. The minimum atomic E-state index is -1.05. The van der Waals surface area contributed by atoms with E-state index in [4.69, 9.17) is 21.4 Å². The largest absolute Gasteiger partial charge is 0.492 e. The fraction of sp³-hybridized carbons (Fsp3) is 0.385. The highest BCUT2D eigenvalue weighted by molar-refractivity contribution is 6.32. The molecule has 0 bridgehead atoms. The van der Waals surface area contributed by atoms with Gasteiger partial charge in [-0.25, -0.2) is 0 Å². The molecule has 0 spiro atoms. The number of ether oxygens (including phenoxy) is 1. The number of para-hydroxylation sites is 1. The van der Waals surface area contributed by atoms with Crippen LogP contribution in [0.15, 0.2) is 24.3 Å². The molecule has 104 valence electrons. The fourth-order valence-electron chi connectivity index (χ4n) is 1.35. The lowest BCUT2D eigenvalue weighted by Gasteiger charge is -2.10. The van der Waals surface area contributed by atoms with Gasteiger partial charge in [0.1, 0.15) is 11.8 Å². The number of carboxylic acid groups (broad SMARTS) is 1. The smallest absolute Gasteiger partial charge is 0.325 e. The SMILES string of the molecule is C[C@@H](NC(=O)CCCOc1ccccc1Cl)C(=O)O. The molecule has 2 N–H and O–H groups in total. The second-order valence-corrected chi connectivity index (χ2v) is 4.42. The number of benzene rings is 1. The summed E-state index contributed by atoms with van der Waals surface area (Å²) < 4.78 is 5.41. The lowest BCUT2D eigenvalue weighted by atomic mass is 10.2. The Hall–Kier alpha value is -1.75. The van der Waals surface area contributed by atoms with E-state index in [0.29, 0.717) is 23.8 Å². The van der Waals surface area contributed by atoms with E-state index in [0.717, 1.165) is 0 Å². The van der Waals surface area contributed by atoms with Crippen molar-refractivity contribution in [2.45, 2.75) is 25.8 Å². The number of carbonyl (C=O) groups excluding carboxylic acids is 1. The van der Waals surface area contributed by atoms with Crippen molar-refractivity contribution in [1.82, 2.24) is 5.32 Å². The highest BCUT2D eigenvalue weighted by atomic mass is 35.5. The second kappa shape index (κ2) is 7.63. The number of carboxylic acids is 1. The predicted octanol–water partition coefficient (Wildman–Crippen LogP) is 2.09. The minimum Gasteiger partial charge on any atom is -0.492 e. The highest BCUT2D eigenvalue weighted by Gasteiger charge is 2.13. The summed E-state index contributed by atoms with van der Waals surface area (Å²) in [7, 11) is 0. The Morgan fingerprint density at radius 3 is 2.74 bits per heavy atom. The van der Waals surface area contributed by atoms with Crippen LogP contribution in [-0.2, 0) is 9.59 Å². The number of aliphatic carboxylic acids is 1. The van der Waals surface area contributed by atoms with Crippen LogP contribution in [0.25, 0.3) is 0 Å². The first-order valence-corrected chi connectivity index (χ1v) is 6.28. The summed E-state index contributed by atoms with van der Waals surface area (Å²) in [6.07, 6.45) is 0.700. The maximum Gasteiger partial charge on any atom is 0.325 e. The van der Waals surface area contributed by atoms with Gasteiger partial charge in [0.25, 0.3) is 0 Å². The van der Waals surface area contributed by atoms with Gasteiger partial charge < -0.3 is 15.2 Å². The van der Waals surface area contributed by atoms with Gasteiger partial charge in [0.15, 0.2) is 0 Å². The van der Waals surface area contributed by atoms with Crippen molar-refractivity contribution < 1.29 is 19.4 Å². The number of nitrogens with one attached hydrogen (secondary N) is 1. The van der Waals surface area contributed by atoms with E-state index in [2.05, 4.69) is 5.32 Å². The summed E-state index contributed by atoms with van der Waals surface area (Å²) in [5.41, 5.74) is 0. The van der Waals surface area contributed by atoms with Gasteiger partial charge in [-0.15, -0.1) is 0 Å². The Morgan fingerprint density at radius 2 is 2.11 bits per heavy atom. The molecule has 0 aliphatic carbocycles. The van der Waals surface area contributed by atoms with E-state index in [1.807, 2.05) is 6.07 Å². The van der Waals surface area contributed by atoms with Crippen LogP contribution in [0.1, 0.15) is 19.8 Å². The van der Waals surface area contributed by atoms with E-state index in [-0.39, 0.29) is 12.3 Å². The number of amides is 1. The molecule has 0 aliphatic heterocycles. The molecular weight excluding hydrogens is 270 g/mol. The first-order valence-electron chi connectivity index (χ1n) is 5.90. The Morgan fingerprint density at radius 1 is 1.42 bits per heavy atom. The topological polar surface area (TPSA) is 75.6 Å². The van der Waals surface area contributed by atoms with Crippen LogP contribution in [0, 0.1) is 0 Å². The molecule has 1 amide bonds. The Balaban J connectivity index is 2.23. The van der Waals surface area contributed by atoms with Crippen LogP contribution >= 0.6 is 11.6 Å². The third-order valence-electron chi connectivity index (χ3n) is 2.39. The summed E-state index contributed by atoms with van der Waals surface area (Å²) >= 11 is 5.90. The lowest BCUT2D eigenvalue weighted by Crippen LogP contribution is -2.38. The van der Waals surface area contributed by atoms with Crippen LogP contribution in [0.4, 0.5) is 0 Å². The van der Waals surface area contributed by atoms with Gasteiger partial charge >= 0.3 is 5.97 Å². The summed E-state index contributed by atoms with van der Waals surface area (Å²) in [6, 6.07) is 6.20. The Bertz CT molecular complexity index is 450. The standard InChI is InChI=1S/C13H16ClNO4/c1-9(13(17)18)15-12(16)7-4-8-19-11-6-3-2-5-10(11)14/h2-3,5-6,9H,4,7-8H2,1H3,(H,15,16)(H,17,18)/t9-/m1/s1. The molecule has 0 heterocycles. The van der Waals surface area contributed by atoms with Gasteiger partial charge in [0, 0.05) is 6.42 Å². The molecule has 0 saturated heterocycles. The van der Waals surface area contributed by atoms with E-state index >= 15 is 0 Å². The molecule has 0 aliphatic rings. The number of carbonyl (C=O) groups is 2.